The lowest BCUT2D eigenvalue weighted by atomic mass is 10.2. The number of guanidine groups is 1. The van der Waals surface area contributed by atoms with Gasteiger partial charge in [0.05, 0.1) is 17.2 Å². The molecule has 6 nitrogen and oxygen atoms in total. The number of rotatable bonds is 7. The van der Waals surface area contributed by atoms with Crippen molar-refractivity contribution in [3.05, 3.63) is 45.4 Å². The third-order valence-electron chi connectivity index (χ3n) is 3.72. The highest BCUT2D eigenvalue weighted by Gasteiger charge is 2.04. The molecule has 8 heteroatoms. The molecule has 1 aromatic carbocycles. The molecule has 0 fully saturated rings. The number of anilines is 1. The van der Waals surface area contributed by atoms with Crippen molar-refractivity contribution in [3.8, 4) is 0 Å². The number of nitrogens with zero attached hydrogens (tertiary/aromatic N) is 2. The van der Waals surface area contributed by atoms with E-state index in [4.69, 9.17) is 0 Å². The van der Waals surface area contributed by atoms with E-state index in [2.05, 4.69) is 32.9 Å². The number of hydrogen-bond acceptors (Lipinski definition) is 4. The van der Waals surface area contributed by atoms with Crippen LogP contribution < -0.4 is 16.0 Å². The summed E-state index contributed by atoms with van der Waals surface area (Å²) < 4.78 is 0. The van der Waals surface area contributed by atoms with Gasteiger partial charge in [-0.15, -0.1) is 35.3 Å². The predicted octanol–water partition coefficient (Wildman–Crippen LogP) is 3.63. The molecule has 0 atom stereocenters. The Hall–Kier alpha value is -1.68. The maximum atomic E-state index is 11.2. The van der Waals surface area contributed by atoms with Crippen LogP contribution in [-0.2, 0) is 17.8 Å². The van der Waals surface area contributed by atoms with Crippen molar-refractivity contribution < 1.29 is 4.79 Å². The molecule has 1 heterocycles. The molecule has 3 N–H and O–H groups in total. The summed E-state index contributed by atoms with van der Waals surface area (Å²) in [4.78, 5) is 21.6. The summed E-state index contributed by atoms with van der Waals surface area (Å²) in [6.07, 6.45) is 0.877. The summed E-state index contributed by atoms with van der Waals surface area (Å²) in [6, 6.07) is 7.73. The Balaban J connectivity index is 0.00000364. The van der Waals surface area contributed by atoms with E-state index in [1.54, 1.807) is 11.3 Å². The fraction of sp³-hybridized carbons (Fsp3) is 0.421. The number of carbonyl (C=O) groups is 1. The highest BCUT2D eigenvalue weighted by atomic mass is 127. The van der Waals surface area contributed by atoms with Crippen LogP contribution in [0, 0.1) is 13.8 Å². The average molecular weight is 501 g/mol. The molecule has 2 aromatic rings. The summed E-state index contributed by atoms with van der Waals surface area (Å²) in [6.45, 7) is 9.81. The number of thiazole rings is 1. The molecule has 0 bridgehead atoms. The maximum absolute atomic E-state index is 11.2. The van der Waals surface area contributed by atoms with Crippen molar-refractivity contribution in [2.75, 3.05) is 18.4 Å². The molecule has 0 spiro atoms. The molecule has 2 rings (SSSR count). The van der Waals surface area contributed by atoms with E-state index in [0.29, 0.717) is 6.54 Å². The molecule has 1 amide bonds. The molecular formula is C19H28IN5OS. The minimum absolute atomic E-state index is 0. The minimum atomic E-state index is -0.0756. The van der Waals surface area contributed by atoms with Gasteiger partial charge in [0.25, 0.3) is 0 Å². The summed E-state index contributed by atoms with van der Waals surface area (Å²) >= 11 is 1.75. The van der Waals surface area contributed by atoms with E-state index in [0.717, 1.165) is 47.4 Å². The molecule has 0 aliphatic rings. The molecule has 1 aromatic heterocycles. The van der Waals surface area contributed by atoms with Crippen molar-refractivity contribution in [2.24, 2.45) is 4.99 Å². The monoisotopic (exact) mass is 501 g/mol. The van der Waals surface area contributed by atoms with Gasteiger partial charge in [0.2, 0.25) is 5.91 Å². The Kier molecular flexibility index (Phi) is 10.3. The second-order valence-electron chi connectivity index (χ2n) is 6.00. The minimum Gasteiger partial charge on any atom is -0.357 e. The lowest BCUT2D eigenvalue weighted by Crippen LogP contribution is -2.38. The Morgan fingerprint density at radius 2 is 2.04 bits per heavy atom. The third kappa shape index (κ3) is 8.25. The van der Waals surface area contributed by atoms with Crippen molar-refractivity contribution >= 4 is 52.9 Å². The quantitative estimate of drug-likeness (QED) is 0.308. The topological polar surface area (TPSA) is 78.4 Å². The fourth-order valence-electron chi connectivity index (χ4n) is 2.40. The molecule has 0 saturated heterocycles. The lowest BCUT2D eigenvalue weighted by molar-refractivity contribution is -0.114. The number of carbonyl (C=O) groups excluding carboxylic acids is 1. The van der Waals surface area contributed by atoms with E-state index in [1.807, 2.05) is 38.1 Å². The first-order valence-corrected chi connectivity index (χ1v) is 9.61. The fourth-order valence-corrected chi connectivity index (χ4v) is 3.33. The second kappa shape index (κ2) is 11.9. The van der Waals surface area contributed by atoms with Crippen molar-refractivity contribution in [1.29, 1.82) is 0 Å². The van der Waals surface area contributed by atoms with Crippen LogP contribution in [0.2, 0.25) is 0 Å². The van der Waals surface area contributed by atoms with E-state index in [9.17, 15) is 4.79 Å². The average Bonchev–Trinajstić information content (AvgIpc) is 2.90. The van der Waals surface area contributed by atoms with Crippen LogP contribution in [0.25, 0.3) is 0 Å². The number of amides is 1. The van der Waals surface area contributed by atoms with Gasteiger partial charge in [0.15, 0.2) is 5.96 Å². The van der Waals surface area contributed by atoms with E-state index >= 15 is 0 Å². The summed E-state index contributed by atoms with van der Waals surface area (Å²) in [5.74, 6) is 0.704. The Bertz CT molecular complexity index is 756. The van der Waals surface area contributed by atoms with Crippen LogP contribution >= 0.6 is 35.3 Å². The zero-order valence-electron chi connectivity index (χ0n) is 16.3. The van der Waals surface area contributed by atoms with Gasteiger partial charge in [-0.3, -0.25) is 4.79 Å². The van der Waals surface area contributed by atoms with Crippen molar-refractivity contribution in [3.63, 3.8) is 0 Å². The summed E-state index contributed by atoms with van der Waals surface area (Å²) in [7, 11) is 0. The van der Waals surface area contributed by atoms with Gasteiger partial charge in [-0.05, 0) is 38.5 Å². The number of aliphatic imine (C=N–C) groups is 1. The van der Waals surface area contributed by atoms with E-state index in [-0.39, 0.29) is 29.9 Å². The molecular weight excluding hydrogens is 473 g/mol. The van der Waals surface area contributed by atoms with Gasteiger partial charge in [-0.25, -0.2) is 9.98 Å². The largest absolute Gasteiger partial charge is 0.357 e. The van der Waals surface area contributed by atoms with Crippen LogP contribution in [0.1, 0.15) is 35.0 Å². The Morgan fingerprint density at radius 3 is 2.67 bits per heavy atom. The number of nitrogens with one attached hydrogen (secondary N) is 3. The summed E-state index contributed by atoms with van der Waals surface area (Å²) in [5.41, 5.74) is 2.95. The van der Waals surface area contributed by atoms with Crippen LogP contribution in [0.15, 0.2) is 29.3 Å². The van der Waals surface area contributed by atoms with Crippen molar-refractivity contribution in [2.45, 2.75) is 40.7 Å². The number of halogens is 1. The predicted molar refractivity (Wildman–Crippen MR) is 124 cm³/mol. The second-order valence-corrected chi connectivity index (χ2v) is 7.29. The van der Waals surface area contributed by atoms with Crippen LogP contribution in [0.5, 0.6) is 0 Å². The Morgan fingerprint density at radius 1 is 1.26 bits per heavy atom. The molecule has 0 aliphatic carbocycles. The standard InChI is InChI=1S/C19H27N5OS.HI/c1-5-20-19(21-10-9-18-23-13(2)14(3)26-18)22-12-16-7-6-8-17(11-16)24-15(4)25;/h6-8,11H,5,9-10,12H2,1-4H3,(H,24,25)(H2,20,21,22);1H. The normalized spacial score (nSPS) is 10.9. The van der Waals surface area contributed by atoms with Gasteiger partial charge < -0.3 is 16.0 Å². The summed E-state index contributed by atoms with van der Waals surface area (Å²) in [5, 5.41) is 10.5. The molecule has 0 radical (unpaired) electrons. The SMILES string of the molecule is CCNC(=NCc1cccc(NC(C)=O)c1)NCCc1nc(C)c(C)s1.I. The Labute approximate surface area is 182 Å². The van der Waals surface area contributed by atoms with Crippen LogP contribution in [-0.4, -0.2) is 29.9 Å². The first-order valence-electron chi connectivity index (χ1n) is 8.79. The maximum Gasteiger partial charge on any atom is 0.221 e. The molecule has 0 unspecified atom stereocenters. The molecule has 27 heavy (non-hydrogen) atoms. The highest BCUT2D eigenvalue weighted by Crippen LogP contribution is 2.16. The number of aryl methyl sites for hydroxylation is 2. The first-order chi connectivity index (χ1) is 12.5. The third-order valence-corrected chi connectivity index (χ3v) is 4.85. The zero-order valence-corrected chi connectivity index (χ0v) is 19.4. The molecule has 0 saturated carbocycles. The van der Waals surface area contributed by atoms with Gasteiger partial charge >= 0.3 is 0 Å². The molecule has 148 valence electrons. The number of aromatic nitrogens is 1. The van der Waals surface area contributed by atoms with Crippen molar-refractivity contribution in [1.82, 2.24) is 15.6 Å². The van der Waals surface area contributed by atoms with Gasteiger partial charge in [0.1, 0.15) is 0 Å². The number of benzene rings is 1. The van der Waals surface area contributed by atoms with Gasteiger partial charge in [0, 0.05) is 37.0 Å². The van der Waals surface area contributed by atoms with E-state index in [1.165, 1.54) is 11.8 Å². The smallest absolute Gasteiger partial charge is 0.221 e. The van der Waals surface area contributed by atoms with Gasteiger partial charge in [-0.2, -0.15) is 0 Å². The van der Waals surface area contributed by atoms with Crippen LogP contribution in [0.3, 0.4) is 0 Å². The van der Waals surface area contributed by atoms with Gasteiger partial charge in [-0.1, -0.05) is 12.1 Å². The molecule has 0 aliphatic heterocycles. The van der Waals surface area contributed by atoms with Crippen LogP contribution in [0.4, 0.5) is 5.69 Å². The lowest BCUT2D eigenvalue weighted by Gasteiger charge is -2.11. The zero-order chi connectivity index (χ0) is 18.9. The van der Waals surface area contributed by atoms with E-state index < -0.39 is 0 Å². The number of hydrogen-bond donors (Lipinski definition) is 3. The highest BCUT2D eigenvalue weighted by molar-refractivity contribution is 14.0. The first kappa shape index (κ1) is 23.4.